The fourth-order valence-corrected chi connectivity index (χ4v) is 3.38. The third-order valence-electron chi connectivity index (χ3n) is 2.03. The first kappa shape index (κ1) is 15.0. The van der Waals surface area contributed by atoms with E-state index in [1.807, 2.05) is 13.8 Å². The SMILES string of the molecule is CC(C)CCS(=O)(=O)Nc1ncc(C#CCN)s1. The molecular weight excluding hydrogens is 270 g/mol. The molecule has 1 aromatic heterocycles. The van der Waals surface area contributed by atoms with Gasteiger partial charge < -0.3 is 5.73 Å². The van der Waals surface area contributed by atoms with Crippen LogP contribution < -0.4 is 10.5 Å². The number of aromatic nitrogens is 1. The summed E-state index contributed by atoms with van der Waals surface area (Å²) in [5.41, 5.74) is 5.25. The highest BCUT2D eigenvalue weighted by Gasteiger charge is 2.13. The Morgan fingerprint density at radius 3 is 2.89 bits per heavy atom. The molecule has 0 aliphatic rings. The largest absolute Gasteiger partial charge is 0.320 e. The first-order chi connectivity index (χ1) is 8.43. The predicted molar refractivity (Wildman–Crippen MR) is 74.9 cm³/mol. The lowest BCUT2D eigenvalue weighted by Gasteiger charge is -2.06. The Labute approximate surface area is 112 Å². The Balaban J connectivity index is 2.64. The Morgan fingerprint density at radius 1 is 1.56 bits per heavy atom. The molecule has 1 heterocycles. The second-order valence-electron chi connectivity index (χ2n) is 4.14. The molecule has 7 heteroatoms. The number of nitrogens with two attached hydrogens (primary N) is 1. The molecule has 0 radical (unpaired) electrons. The average molecular weight is 287 g/mol. The fraction of sp³-hybridized carbons (Fsp3) is 0.545. The molecule has 0 aliphatic heterocycles. The van der Waals surface area contributed by atoms with Gasteiger partial charge in [0.25, 0.3) is 0 Å². The van der Waals surface area contributed by atoms with Crippen LogP contribution in [0.25, 0.3) is 0 Å². The molecule has 18 heavy (non-hydrogen) atoms. The summed E-state index contributed by atoms with van der Waals surface area (Å²) in [4.78, 5) is 4.66. The lowest BCUT2D eigenvalue weighted by atomic mass is 10.2. The van der Waals surface area contributed by atoms with E-state index in [0.717, 1.165) is 0 Å². The Hall–Kier alpha value is -1.10. The highest BCUT2D eigenvalue weighted by molar-refractivity contribution is 7.92. The van der Waals surface area contributed by atoms with Crippen LogP contribution in [0.3, 0.4) is 0 Å². The van der Waals surface area contributed by atoms with Gasteiger partial charge in [-0.25, -0.2) is 13.4 Å². The van der Waals surface area contributed by atoms with Crippen molar-refractivity contribution >= 4 is 26.5 Å². The van der Waals surface area contributed by atoms with Gasteiger partial charge >= 0.3 is 0 Å². The first-order valence-corrected chi connectivity index (χ1v) is 8.05. The normalized spacial score (nSPS) is 11.1. The number of sulfonamides is 1. The summed E-state index contributed by atoms with van der Waals surface area (Å²) in [6, 6.07) is 0. The first-order valence-electron chi connectivity index (χ1n) is 5.58. The van der Waals surface area contributed by atoms with Crippen LogP contribution in [0, 0.1) is 17.8 Å². The molecule has 1 aromatic rings. The van der Waals surface area contributed by atoms with Crippen LogP contribution in [0.2, 0.25) is 0 Å². The molecule has 0 saturated carbocycles. The van der Waals surface area contributed by atoms with Crippen molar-refractivity contribution in [2.24, 2.45) is 11.7 Å². The molecular formula is C11H17N3O2S2. The maximum atomic E-state index is 11.7. The second-order valence-corrected chi connectivity index (χ2v) is 7.01. The minimum absolute atomic E-state index is 0.105. The molecule has 0 saturated heterocycles. The van der Waals surface area contributed by atoms with Crippen LogP contribution in [0.4, 0.5) is 5.13 Å². The fourth-order valence-electron chi connectivity index (χ4n) is 1.09. The van der Waals surface area contributed by atoms with Crippen molar-refractivity contribution in [3.8, 4) is 11.8 Å². The Morgan fingerprint density at radius 2 is 2.28 bits per heavy atom. The van der Waals surface area contributed by atoms with Gasteiger partial charge in [-0.15, -0.1) is 0 Å². The van der Waals surface area contributed by atoms with Crippen molar-refractivity contribution in [2.45, 2.75) is 20.3 Å². The van der Waals surface area contributed by atoms with E-state index in [9.17, 15) is 8.42 Å². The molecule has 0 fully saturated rings. The van der Waals surface area contributed by atoms with E-state index in [0.29, 0.717) is 22.3 Å². The van der Waals surface area contributed by atoms with Gasteiger partial charge in [0.15, 0.2) is 5.13 Å². The van der Waals surface area contributed by atoms with E-state index in [4.69, 9.17) is 5.73 Å². The molecule has 0 bridgehead atoms. The summed E-state index contributed by atoms with van der Waals surface area (Å²) >= 11 is 1.20. The van der Waals surface area contributed by atoms with Gasteiger partial charge in [0.05, 0.1) is 23.4 Å². The minimum Gasteiger partial charge on any atom is -0.320 e. The lowest BCUT2D eigenvalue weighted by molar-refractivity contribution is 0.578. The standard InChI is InChI=1S/C11H17N3O2S2/c1-9(2)5-7-18(15,16)14-11-13-8-10(17-11)4-3-6-12/h8-9H,5-7,12H2,1-2H3,(H,13,14). The zero-order chi connectivity index (χ0) is 13.6. The van der Waals surface area contributed by atoms with Gasteiger partial charge in [0, 0.05) is 0 Å². The van der Waals surface area contributed by atoms with Crippen LogP contribution in [-0.2, 0) is 10.0 Å². The van der Waals surface area contributed by atoms with Crippen molar-refractivity contribution < 1.29 is 8.42 Å². The van der Waals surface area contributed by atoms with Gasteiger partial charge in [-0.1, -0.05) is 37.0 Å². The number of thiazole rings is 1. The summed E-state index contributed by atoms with van der Waals surface area (Å²) in [6.45, 7) is 4.24. The number of hydrogen-bond donors (Lipinski definition) is 2. The second kappa shape index (κ2) is 6.73. The number of hydrogen-bond acceptors (Lipinski definition) is 5. The molecule has 0 aliphatic carbocycles. The number of anilines is 1. The maximum absolute atomic E-state index is 11.7. The van der Waals surface area contributed by atoms with E-state index in [-0.39, 0.29) is 12.3 Å². The zero-order valence-corrected chi connectivity index (χ0v) is 12.1. The highest BCUT2D eigenvalue weighted by atomic mass is 32.2. The van der Waals surface area contributed by atoms with Crippen molar-refractivity contribution in [3.63, 3.8) is 0 Å². The molecule has 3 N–H and O–H groups in total. The van der Waals surface area contributed by atoms with Crippen LogP contribution in [-0.4, -0.2) is 25.7 Å². The van der Waals surface area contributed by atoms with E-state index in [1.54, 1.807) is 0 Å². The molecule has 0 amide bonds. The number of rotatable bonds is 5. The molecule has 0 atom stereocenters. The predicted octanol–water partition coefficient (Wildman–Crippen LogP) is 1.24. The van der Waals surface area contributed by atoms with E-state index in [2.05, 4.69) is 21.5 Å². The molecule has 0 unspecified atom stereocenters. The Kier molecular flexibility index (Phi) is 5.59. The molecule has 0 spiro atoms. The third-order valence-corrected chi connectivity index (χ3v) is 4.26. The van der Waals surface area contributed by atoms with Gasteiger partial charge in [0.2, 0.25) is 10.0 Å². The van der Waals surface area contributed by atoms with Gasteiger partial charge in [-0.2, -0.15) is 0 Å². The van der Waals surface area contributed by atoms with Crippen LogP contribution in [0.15, 0.2) is 6.20 Å². The monoisotopic (exact) mass is 287 g/mol. The van der Waals surface area contributed by atoms with Gasteiger partial charge in [-0.3, -0.25) is 4.72 Å². The average Bonchev–Trinajstić information content (AvgIpc) is 2.71. The van der Waals surface area contributed by atoms with E-state index in [1.165, 1.54) is 17.5 Å². The third kappa shape index (κ3) is 5.49. The summed E-state index contributed by atoms with van der Waals surface area (Å²) in [6.07, 6.45) is 2.16. The van der Waals surface area contributed by atoms with Crippen LogP contribution in [0.1, 0.15) is 25.1 Å². The van der Waals surface area contributed by atoms with Crippen molar-refractivity contribution in [3.05, 3.63) is 11.1 Å². The van der Waals surface area contributed by atoms with Crippen molar-refractivity contribution in [1.29, 1.82) is 0 Å². The topological polar surface area (TPSA) is 85.1 Å². The molecule has 5 nitrogen and oxygen atoms in total. The van der Waals surface area contributed by atoms with Crippen LogP contribution in [0.5, 0.6) is 0 Å². The minimum atomic E-state index is -3.31. The molecule has 1 rings (SSSR count). The smallest absolute Gasteiger partial charge is 0.234 e. The summed E-state index contributed by atoms with van der Waals surface area (Å²) in [5.74, 6) is 5.95. The molecule has 0 aromatic carbocycles. The summed E-state index contributed by atoms with van der Waals surface area (Å²) < 4.78 is 25.9. The summed E-state index contributed by atoms with van der Waals surface area (Å²) in [5, 5.41) is 0.347. The number of nitrogens with zero attached hydrogens (tertiary/aromatic N) is 1. The number of nitrogens with one attached hydrogen (secondary N) is 1. The highest BCUT2D eigenvalue weighted by Crippen LogP contribution is 2.18. The zero-order valence-electron chi connectivity index (χ0n) is 10.4. The van der Waals surface area contributed by atoms with Crippen LogP contribution >= 0.6 is 11.3 Å². The lowest BCUT2D eigenvalue weighted by Crippen LogP contribution is -2.17. The quantitative estimate of drug-likeness (QED) is 0.798. The van der Waals surface area contributed by atoms with Crippen molar-refractivity contribution in [2.75, 3.05) is 17.0 Å². The van der Waals surface area contributed by atoms with E-state index >= 15 is 0 Å². The van der Waals surface area contributed by atoms with Crippen molar-refractivity contribution in [1.82, 2.24) is 4.98 Å². The Bertz CT molecular complexity index is 538. The van der Waals surface area contributed by atoms with E-state index < -0.39 is 10.0 Å². The molecule has 100 valence electrons. The van der Waals surface area contributed by atoms with Gasteiger partial charge in [-0.05, 0) is 12.3 Å². The summed E-state index contributed by atoms with van der Waals surface area (Å²) in [7, 11) is -3.31. The maximum Gasteiger partial charge on any atom is 0.234 e. The van der Waals surface area contributed by atoms with Gasteiger partial charge in [0.1, 0.15) is 0 Å².